The van der Waals surface area contributed by atoms with Crippen LogP contribution in [-0.4, -0.2) is 17.6 Å². The predicted molar refractivity (Wildman–Crippen MR) is 68.9 cm³/mol. The fourth-order valence-electron chi connectivity index (χ4n) is 1.94. The van der Waals surface area contributed by atoms with Crippen LogP contribution in [0.4, 0.5) is 0 Å². The van der Waals surface area contributed by atoms with E-state index in [0.29, 0.717) is 12.8 Å². The predicted octanol–water partition coefficient (Wildman–Crippen LogP) is 2.23. The van der Waals surface area contributed by atoms with Gasteiger partial charge >= 0.3 is 5.97 Å². The number of aliphatic carboxylic acids is 1. The molecule has 0 bridgehead atoms. The third-order valence-corrected chi connectivity index (χ3v) is 3.49. The third-order valence-electron chi connectivity index (χ3n) is 3.49. The monoisotopic (exact) mass is 235 g/mol. The first-order valence-electron chi connectivity index (χ1n) is 6.09. The van der Waals surface area contributed by atoms with Gasteiger partial charge in [-0.2, -0.15) is 0 Å². The van der Waals surface area contributed by atoms with Crippen molar-refractivity contribution in [2.75, 3.05) is 6.54 Å². The molecule has 0 radical (unpaired) electrons. The minimum Gasteiger partial charge on any atom is -0.481 e. The number of benzene rings is 1. The van der Waals surface area contributed by atoms with Crippen LogP contribution < -0.4 is 5.73 Å². The van der Waals surface area contributed by atoms with E-state index in [9.17, 15) is 9.90 Å². The average molecular weight is 235 g/mol. The van der Waals surface area contributed by atoms with Crippen molar-refractivity contribution in [3.8, 4) is 0 Å². The first kappa shape index (κ1) is 13.7. The molecule has 0 saturated carbocycles. The van der Waals surface area contributed by atoms with Crippen LogP contribution in [0, 0.1) is 5.41 Å². The van der Waals surface area contributed by atoms with Crippen molar-refractivity contribution in [1.29, 1.82) is 0 Å². The highest BCUT2D eigenvalue weighted by molar-refractivity contribution is 5.75. The summed E-state index contributed by atoms with van der Waals surface area (Å²) in [5.74, 6) is -0.804. The zero-order chi connectivity index (χ0) is 12.9. The van der Waals surface area contributed by atoms with E-state index in [0.717, 1.165) is 12.0 Å². The Kier molecular flexibility index (Phi) is 4.70. The molecule has 1 unspecified atom stereocenters. The Labute approximate surface area is 103 Å². The highest BCUT2D eigenvalue weighted by atomic mass is 16.4. The quantitative estimate of drug-likeness (QED) is 0.794. The van der Waals surface area contributed by atoms with Gasteiger partial charge < -0.3 is 10.8 Å². The molecule has 0 spiro atoms. The van der Waals surface area contributed by atoms with Gasteiger partial charge in [0.25, 0.3) is 0 Å². The summed E-state index contributed by atoms with van der Waals surface area (Å²) in [6, 6.07) is 8.10. The lowest BCUT2D eigenvalue weighted by molar-refractivity contribution is -0.148. The molecule has 1 atom stereocenters. The second-order valence-electron chi connectivity index (χ2n) is 4.49. The van der Waals surface area contributed by atoms with Gasteiger partial charge in [0.05, 0.1) is 5.41 Å². The van der Waals surface area contributed by atoms with Crippen molar-refractivity contribution in [3.63, 3.8) is 0 Å². The van der Waals surface area contributed by atoms with Gasteiger partial charge in [0.2, 0.25) is 0 Å². The highest BCUT2D eigenvalue weighted by Crippen LogP contribution is 2.26. The number of nitrogens with two attached hydrogens (primary N) is 1. The lowest BCUT2D eigenvalue weighted by atomic mass is 9.79. The van der Waals surface area contributed by atoms with Crippen LogP contribution in [0.15, 0.2) is 24.3 Å². The molecule has 0 aliphatic rings. The molecule has 0 aromatic heterocycles. The summed E-state index contributed by atoms with van der Waals surface area (Å²) in [7, 11) is 0. The standard InChI is InChI=1S/C14H21NO2/c1-3-11-5-7-12(8-6-11)9-14(4-2,10-15)13(16)17/h5-8H,3-4,9-10,15H2,1-2H3,(H,16,17). The van der Waals surface area contributed by atoms with Crippen LogP contribution >= 0.6 is 0 Å². The Morgan fingerprint density at radius 2 is 1.76 bits per heavy atom. The summed E-state index contributed by atoms with van der Waals surface area (Å²) < 4.78 is 0. The van der Waals surface area contributed by atoms with Crippen molar-refractivity contribution >= 4 is 5.97 Å². The molecule has 0 aliphatic carbocycles. The van der Waals surface area contributed by atoms with Crippen LogP contribution in [0.2, 0.25) is 0 Å². The Morgan fingerprint density at radius 3 is 2.12 bits per heavy atom. The van der Waals surface area contributed by atoms with Crippen LogP contribution in [0.3, 0.4) is 0 Å². The second-order valence-corrected chi connectivity index (χ2v) is 4.49. The second kappa shape index (κ2) is 5.82. The van der Waals surface area contributed by atoms with Gasteiger partial charge in [0, 0.05) is 6.54 Å². The van der Waals surface area contributed by atoms with Gasteiger partial charge in [-0.1, -0.05) is 38.1 Å². The molecule has 0 amide bonds. The largest absolute Gasteiger partial charge is 0.481 e. The molecule has 3 nitrogen and oxygen atoms in total. The molecule has 1 aromatic rings. The molecular weight excluding hydrogens is 214 g/mol. The zero-order valence-corrected chi connectivity index (χ0v) is 10.6. The van der Waals surface area contributed by atoms with E-state index in [2.05, 4.69) is 6.92 Å². The number of carboxylic acid groups (broad SMARTS) is 1. The number of carboxylic acids is 1. The summed E-state index contributed by atoms with van der Waals surface area (Å²) in [6.07, 6.45) is 2.04. The Balaban J connectivity index is 2.89. The Bertz CT molecular complexity index is 366. The molecule has 0 fully saturated rings. The summed E-state index contributed by atoms with van der Waals surface area (Å²) >= 11 is 0. The maximum atomic E-state index is 11.3. The van der Waals surface area contributed by atoms with Gasteiger partial charge in [0.1, 0.15) is 0 Å². The minimum atomic E-state index is -0.826. The number of hydrogen-bond acceptors (Lipinski definition) is 2. The number of hydrogen-bond donors (Lipinski definition) is 2. The van der Waals surface area contributed by atoms with Gasteiger partial charge in [-0.3, -0.25) is 4.79 Å². The van der Waals surface area contributed by atoms with Crippen LogP contribution in [0.1, 0.15) is 31.4 Å². The van der Waals surface area contributed by atoms with Crippen molar-refractivity contribution in [2.45, 2.75) is 33.1 Å². The van der Waals surface area contributed by atoms with Gasteiger partial charge in [-0.25, -0.2) is 0 Å². The van der Waals surface area contributed by atoms with E-state index in [4.69, 9.17) is 5.73 Å². The number of rotatable bonds is 6. The van der Waals surface area contributed by atoms with Crippen LogP contribution in [0.25, 0.3) is 0 Å². The minimum absolute atomic E-state index is 0.175. The lowest BCUT2D eigenvalue weighted by Gasteiger charge is -2.26. The van der Waals surface area contributed by atoms with Crippen molar-refractivity contribution in [2.24, 2.45) is 11.1 Å². The molecule has 1 aromatic carbocycles. The number of aryl methyl sites for hydroxylation is 1. The molecule has 3 heteroatoms. The van der Waals surface area contributed by atoms with E-state index >= 15 is 0 Å². The maximum Gasteiger partial charge on any atom is 0.311 e. The molecule has 0 heterocycles. The van der Waals surface area contributed by atoms with Crippen molar-refractivity contribution < 1.29 is 9.90 Å². The SMILES string of the molecule is CCc1ccc(CC(CC)(CN)C(=O)O)cc1. The summed E-state index contributed by atoms with van der Waals surface area (Å²) in [5, 5.41) is 9.31. The average Bonchev–Trinajstić information content (AvgIpc) is 2.36. The van der Waals surface area contributed by atoms with E-state index in [-0.39, 0.29) is 6.54 Å². The summed E-state index contributed by atoms with van der Waals surface area (Å²) in [5.41, 5.74) is 7.12. The van der Waals surface area contributed by atoms with Crippen LogP contribution in [0.5, 0.6) is 0 Å². The summed E-state index contributed by atoms with van der Waals surface area (Å²) in [4.78, 5) is 11.3. The normalized spacial score (nSPS) is 14.3. The Morgan fingerprint density at radius 1 is 1.24 bits per heavy atom. The zero-order valence-electron chi connectivity index (χ0n) is 10.6. The molecular formula is C14H21NO2. The van der Waals surface area contributed by atoms with Gasteiger partial charge in [-0.05, 0) is 30.4 Å². The van der Waals surface area contributed by atoms with Gasteiger partial charge in [0.15, 0.2) is 0 Å². The first-order chi connectivity index (χ1) is 8.07. The molecule has 3 N–H and O–H groups in total. The summed E-state index contributed by atoms with van der Waals surface area (Å²) in [6.45, 7) is 4.15. The van der Waals surface area contributed by atoms with Crippen molar-refractivity contribution in [1.82, 2.24) is 0 Å². The molecule has 94 valence electrons. The highest BCUT2D eigenvalue weighted by Gasteiger charge is 2.35. The lowest BCUT2D eigenvalue weighted by Crippen LogP contribution is -2.40. The Hall–Kier alpha value is -1.35. The smallest absolute Gasteiger partial charge is 0.311 e. The first-order valence-corrected chi connectivity index (χ1v) is 6.09. The van der Waals surface area contributed by atoms with Crippen molar-refractivity contribution in [3.05, 3.63) is 35.4 Å². The van der Waals surface area contributed by atoms with E-state index in [1.807, 2.05) is 31.2 Å². The van der Waals surface area contributed by atoms with E-state index < -0.39 is 11.4 Å². The third kappa shape index (κ3) is 3.07. The topological polar surface area (TPSA) is 63.3 Å². The molecule has 17 heavy (non-hydrogen) atoms. The van der Waals surface area contributed by atoms with Crippen LogP contribution in [-0.2, 0) is 17.6 Å². The molecule has 0 saturated heterocycles. The molecule has 1 rings (SSSR count). The van der Waals surface area contributed by atoms with Gasteiger partial charge in [-0.15, -0.1) is 0 Å². The fraction of sp³-hybridized carbons (Fsp3) is 0.500. The van der Waals surface area contributed by atoms with E-state index in [1.54, 1.807) is 0 Å². The fourth-order valence-corrected chi connectivity index (χ4v) is 1.94. The number of carbonyl (C=O) groups is 1. The van der Waals surface area contributed by atoms with E-state index in [1.165, 1.54) is 5.56 Å². The molecule has 0 aliphatic heterocycles. The maximum absolute atomic E-state index is 11.3.